The van der Waals surface area contributed by atoms with Gasteiger partial charge >= 0.3 is 6.03 Å². The molecule has 1 aliphatic rings. The van der Waals surface area contributed by atoms with Crippen LogP contribution in [-0.2, 0) is 9.59 Å². The molecule has 0 spiro atoms. The van der Waals surface area contributed by atoms with Crippen molar-refractivity contribution in [3.63, 3.8) is 0 Å². The van der Waals surface area contributed by atoms with Crippen molar-refractivity contribution >= 4 is 52.5 Å². The van der Waals surface area contributed by atoms with E-state index in [-0.39, 0.29) is 12.2 Å². The highest BCUT2D eigenvalue weighted by molar-refractivity contribution is 7.16. The average molecular weight is 452 g/mol. The highest BCUT2D eigenvalue weighted by Gasteiger charge is 2.35. The van der Waals surface area contributed by atoms with Crippen molar-refractivity contribution in [1.82, 2.24) is 10.2 Å². The molecule has 0 bridgehead atoms. The average Bonchev–Trinajstić information content (AvgIpc) is 3.31. The third kappa shape index (κ3) is 4.84. The zero-order valence-electron chi connectivity index (χ0n) is 16.5. The topological polar surface area (TPSA) is 78.5 Å². The van der Waals surface area contributed by atoms with Crippen LogP contribution in [0.3, 0.4) is 0 Å². The van der Waals surface area contributed by atoms with Crippen LogP contribution in [0.25, 0.3) is 16.5 Å². The number of nitrogens with one attached hydrogen (secondary N) is 2. The molecule has 2 aromatic carbocycles. The van der Waals surface area contributed by atoms with Gasteiger partial charge in [-0.2, -0.15) is 0 Å². The molecule has 3 aromatic rings. The number of carbonyl (C=O) groups is 3. The minimum absolute atomic E-state index is 0.137. The second-order valence-electron chi connectivity index (χ2n) is 7.00. The number of benzene rings is 2. The fourth-order valence-corrected chi connectivity index (χ4v) is 4.12. The summed E-state index contributed by atoms with van der Waals surface area (Å²) in [5.41, 5.74) is 2.81. The maximum absolute atomic E-state index is 12.7. The molecule has 6 nitrogen and oxygen atoms in total. The number of rotatable bonds is 5. The van der Waals surface area contributed by atoms with Crippen molar-refractivity contribution in [2.24, 2.45) is 0 Å². The van der Waals surface area contributed by atoms with Gasteiger partial charge in [-0.25, -0.2) is 9.69 Å². The molecule has 8 heteroatoms. The van der Waals surface area contributed by atoms with Gasteiger partial charge in [0.05, 0.1) is 0 Å². The lowest BCUT2D eigenvalue weighted by atomic mass is 10.2. The molecule has 2 N–H and O–H groups in total. The molecule has 1 saturated heterocycles. The summed E-state index contributed by atoms with van der Waals surface area (Å²) in [7, 11) is 0. The fourth-order valence-electron chi connectivity index (χ4n) is 3.04. The summed E-state index contributed by atoms with van der Waals surface area (Å²) in [6.07, 6.45) is 1.61. The van der Waals surface area contributed by atoms with E-state index in [9.17, 15) is 14.4 Å². The van der Waals surface area contributed by atoms with Gasteiger partial charge in [0.15, 0.2) is 0 Å². The number of thiophene rings is 1. The lowest BCUT2D eigenvalue weighted by Crippen LogP contribution is -2.38. The Morgan fingerprint density at radius 3 is 2.48 bits per heavy atom. The molecule has 1 aliphatic heterocycles. The molecule has 1 aromatic heterocycles. The maximum Gasteiger partial charge on any atom is 0.329 e. The van der Waals surface area contributed by atoms with Gasteiger partial charge in [-0.05, 0) is 55.0 Å². The molecule has 2 heterocycles. The Bertz CT molecular complexity index is 1180. The molecule has 4 amide bonds. The van der Waals surface area contributed by atoms with Crippen LogP contribution >= 0.6 is 22.9 Å². The molecule has 4 rings (SSSR count). The van der Waals surface area contributed by atoms with E-state index in [0.717, 1.165) is 25.8 Å². The molecule has 0 unspecified atom stereocenters. The zero-order chi connectivity index (χ0) is 22.0. The van der Waals surface area contributed by atoms with Gasteiger partial charge in [-0.1, -0.05) is 41.4 Å². The number of hydrogen-bond donors (Lipinski definition) is 2. The van der Waals surface area contributed by atoms with Crippen molar-refractivity contribution in [2.45, 2.75) is 6.92 Å². The maximum atomic E-state index is 12.7. The third-order valence-electron chi connectivity index (χ3n) is 4.64. The van der Waals surface area contributed by atoms with Gasteiger partial charge in [0.1, 0.15) is 12.2 Å². The van der Waals surface area contributed by atoms with Gasteiger partial charge < -0.3 is 10.6 Å². The van der Waals surface area contributed by atoms with Gasteiger partial charge in [0.2, 0.25) is 5.91 Å². The van der Waals surface area contributed by atoms with E-state index in [1.807, 2.05) is 55.5 Å². The van der Waals surface area contributed by atoms with Crippen LogP contribution in [0.15, 0.2) is 66.4 Å². The Balaban J connectivity index is 1.44. The van der Waals surface area contributed by atoms with Gasteiger partial charge in [0.25, 0.3) is 5.91 Å². The molecule has 31 heavy (non-hydrogen) atoms. The highest BCUT2D eigenvalue weighted by Crippen LogP contribution is 2.30. The number of urea groups is 1. The SMILES string of the molecule is Cc1ccc(NC(=O)CN2C(=O)N/C(=C\c3ccc(-c4ccc(Cl)cc4)s3)C2=O)cc1. The minimum Gasteiger partial charge on any atom is -0.325 e. The van der Waals surface area contributed by atoms with Gasteiger partial charge in [-0.3, -0.25) is 9.59 Å². The first-order chi connectivity index (χ1) is 14.9. The number of halogens is 1. The van der Waals surface area contributed by atoms with Crippen LogP contribution in [0.2, 0.25) is 5.02 Å². The van der Waals surface area contributed by atoms with E-state index in [4.69, 9.17) is 11.6 Å². The third-order valence-corrected chi connectivity index (χ3v) is 5.97. The van der Waals surface area contributed by atoms with Crippen LogP contribution in [0.5, 0.6) is 0 Å². The number of anilines is 1. The summed E-state index contributed by atoms with van der Waals surface area (Å²) < 4.78 is 0. The van der Waals surface area contributed by atoms with Crippen LogP contribution in [-0.4, -0.2) is 29.3 Å². The van der Waals surface area contributed by atoms with Crippen LogP contribution in [0.1, 0.15) is 10.4 Å². The predicted molar refractivity (Wildman–Crippen MR) is 123 cm³/mol. The predicted octanol–water partition coefficient (Wildman–Crippen LogP) is 4.91. The van der Waals surface area contributed by atoms with Crippen molar-refractivity contribution in [1.29, 1.82) is 0 Å². The van der Waals surface area contributed by atoms with Crippen molar-refractivity contribution < 1.29 is 14.4 Å². The Morgan fingerprint density at radius 2 is 1.77 bits per heavy atom. The first kappa shape index (κ1) is 20.8. The van der Waals surface area contributed by atoms with Crippen molar-refractivity contribution in [3.05, 3.63) is 81.8 Å². The van der Waals surface area contributed by atoms with Crippen molar-refractivity contribution in [3.8, 4) is 10.4 Å². The second-order valence-corrected chi connectivity index (χ2v) is 8.55. The highest BCUT2D eigenvalue weighted by atomic mass is 35.5. The molecule has 0 atom stereocenters. The normalized spacial score (nSPS) is 14.8. The van der Waals surface area contributed by atoms with E-state index in [2.05, 4.69) is 10.6 Å². The molecular weight excluding hydrogens is 434 g/mol. The number of nitrogens with zero attached hydrogens (tertiary/aromatic N) is 1. The molecule has 0 radical (unpaired) electrons. The van der Waals surface area contributed by atoms with E-state index in [1.54, 1.807) is 18.2 Å². The van der Waals surface area contributed by atoms with E-state index >= 15 is 0 Å². The van der Waals surface area contributed by atoms with Crippen LogP contribution in [0, 0.1) is 6.92 Å². The summed E-state index contributed by atoms with van der Waals surface area (Å²) in [5.74, 6) is -0.986. The lowest BCUT2D eigenvalue weighted by Gasteiger charge is -2.12. The summed E-state index contributed by atoms with van der Waals surface area (Å²) in [4.78, 5) is 39.9. The monoisotopic (exact) mass is 451 g/mol. The van der Waals surface area contributed by atoms with Gasteiger partial charge in [0, 0.05) is 20.5 Å². The number of hydrogen-bond acceptors (Lipinski definition) is 4. The Kier molecular flexibility index (Phi) is 5.88. The molecule has 1 fully saturated rings. The summed E-state index contributed by atoms with van der Waals surface area (Å²) in [6.45, 7) is 1.58. The molecular formula is C23H18ClN3O3S. The van der Waals surface area contributed by atoms with Crippen LogP contribution in [0.4, 0.5) is 10.5 Å². The second kappa shape index (κ2) is 8.75. The number of carbonyl (C=O) groups excluding carboxylic acids is 3. The summed E-state index contributed by atoms with van der Waals surface area (Å²) in [6, 6.07) is 17.9. The first-order valence-corrected chi connectivity index (χ1v) is 10.7. The fraction of sp³-hybridized carbons (Fsp3) is 0.0870. The van der Waals surface area contributed by atoms with E-state index < -0.39 is 17.8 Å². The smallest absolute Gasteiger partial charge is 0.325 e. The van der Waals surface area contributed by atoms with Crippen LogP contribution < -0.4 is 10.6 Å². The molecule has 0 saturated carbocycles. The van der Waals surface area contributed by atoms with Gasteiger partial charge in [-0.15, -0.1) is 11.3 Å². The standard InChI is InChI=1S/C23H18ClN3O3S/c1-14-2-8-17(9-3-14)25-21(28)13-27-22(29)19(26-23(27)30)12-18-10-11-20(31-18)15-4-6-16(24)7-5-15/h2-12H,13H2,1H3,(H,25,28)(H,26,30)/b19-12-. The van der Waals surface area contributed by atoms with E-state index in [0.29, 0.717) is 10.7 Å². The largest absolute Gasteiger partial charge is 0.329 e. The Labute approximate surface area is 188 Å². The number of amides is 4. The summed E-state index contributed by atoms with van der Waals surface area (Å²) >= 11 is 7.41. The van der Waals surface area contributed by atoms with E-state index in [1.165, 1.54) is 11.3 Å². The quantitative estimate of drug-likeness (QED) is 0.427. The minimum atomic E-state index is -0.621. The van der Waals surface area contributed by atoms with Crippen molar-refractivity contribution in [2.75, 3.05) is 11.9 Å². The Morgan fingerprint density at radius 1 is 1.06 bits per heavy atom. The molecule has 0 aliphatic carbocycles. The first-order valence-electron chi connectivity index (χ1n) is 9.46. The lowest BCUT2D eigenvalue weighted by molar-refractivity contribution is -0.127. The zero-order valence-corrected chi connectivity index (χ0v) is 18.1. The number of imide groups is 1. The molecule has 156 valence electrons. The Hall–Kier alpha value is -3.42. The number of aryl methyl sites for hydroxylation is 1. The summed E-state index contributed by atoms with van der Waals surface area (Å²) in [5, 5.41) is 5.89.